The molecule has 0 unspecified atom stereocenters. The molecule has 0 saturated heterocycles. The van der Waals surface area contributed by atoms with Crippen molar-refractivity contribution in [2.75, 3.05) is 0 Å². The van der Waals surface area contributed by atoms with E-state index in [9.17, 15) is 0 Å². The fourth-order valence-electron chi connectivity index (χ4n) is 2.65. The first-order chi connectivity index (χ1) is 9.92. The zero-order chi connectivity index (χ0) is 13.4. The van der Waals surface area contributed by atoms with E-state index in [1.807, 2.05) is 36.9 Å². The van der Waals surface area contributed by atoms with Crippen molar-refractivity contribution < 1.29 is 0 Å². The second-order valence-electron chi connectivity index (χ2n) is 4.90. The number of rotatable bonds is 2. The molecule has 96 valence electrons. The minimum absolute atomic E-state index is 0.809. The molecule has 0 spiro atoms. The third-order valence-electron chi connectivity index (χ3n) is 3.67. The van der Waals surface area contributed by atoms with Crippen LogP contribution < -0.4 is 0 Å². The molecule has 3 heteroatoms. The maximum atomic E-state index is 4.34. The van der Waals surface area contributed by atoms with Crippen molar-refractivity contribution in [1.29, 1.82) is 0 Å². The predicted molar refractivity (Wildman–Crippen MR) is 80.6 cm³/mol. The normalized spacial score (nSPS) is 11.2. The van der Waals surface area contributed by atoms with Crippen LogP contribution >= 0.6 is 0 Å². The van der Waals surface area contributed by atoms with Gasteiger partial charge >= 0.3 is 0 Å². The smallest absolute Gasteiger partial charge is 0.0669 e. The largest absolute Gasteiger partial charge is 0.342 e. The lowest BCUT2D eigenvalue weighted by Gasteiger charge is -2.08. The van der Waals surface area contributed by atoms with Gasteiger partial charge in [-0.2, -0.15) is 0 Å². The summed E-state index contributed by atoms with van der Waals surface area (Å²) in [6.45, 7) is 0.809. The minimum atomic E-state index is 0.809. The molecule has 0 fully saturated rings. The van der Waals surface area contributed by atoms with Gasteiger partial charge in [0.15, 0.2) is 0 Å². The van der Waals surface area contributed by atoms with E-state index in [2.05, 4.69) is 45.0 Å². The summed E-state index contributed by atoms with van der Waals surface area (Å²) < 4.78 is 2.21. The molecule has 4 aromatic rings. The topological polar surface area (TPSA) is 30.7 Å². The predicted octanol–water partition coefficient (Wildman–Crippen LogP) is 3.63. The van der Waals surface area contributed by atoms with Gasteiger partial charge in [0, 0.05) is 42.1 Å². The molecule has 0 radical (unpaired) electrons. The molecule has 0 aliphatic rings. The van der Waals surface area contributed by atoms with E-state index in [1.54, 1.807) is 0 Å². The highest BCUT2D eigenvalue weighted by molar-refractivity contribution is 5.85. The third-order valence-corrected chi connectivity index (χ3v) is 3.67. The Morgan fingerprint density at radius 3 is 2.80 bits per heavy atom. The van der Waals surface area contributed by atoms with Gasteiger partial charge in [0.25, 0.3) is 0 Å². The van der Waals surface area contributed by atoms with Gasteiger partial charge in [-0.25, -0.2) is 0 Å². The van der Waals surface area contributed by atoms with Crippen LogP contribution in [0.3, 0.4) is 0 Å². The van der Waals surface area contributed by atoms with Crippen LogP contribution in [0.25, 0.3) is 21.7 Å². The zero-order valence-corrected chi connectivity index (χ0v) is 10.9. The molecule has 4 rings (SSSR count). The molecule has 1 aromatic carbocycles. The van der Waals surface area contributed by atoms with E-state index >= 15 is 0 Å². The Morgan fingerprint density at radius 2 is 1.80 bits per heavy atom. The van der Waals surface area contributed by atoms with E-state index in [1.165, 1.54) is 21.7 Å². The molecule has 20 heavy (non-hydrogen) atoms. The first kappa shape index (κ1) is 11.2. The van der Waals surface area contributed by atoms with Gasteiger partial charge in [-0.05, 0) is 23.1 Å². The molecule has 0 N–H and O–H groups in total. The van der Waals surface area contributed by atoms with Crippen LogP contribution in [0.4, 0.5) is 0 Å². The Kier molecular flexibility index (Phi) is 2.49. The Morgan fingerprint density at radius 1 is 0.850 bits per heavy atom. The standard InChI is InChI=1S/C17H13N3/c1-2-4-16-14(3-1)9-19-10-15(16)12-20-8-6-13-5-7-18-11-17(13)20/h1-11H,12H2. The lowest BCUT2D eigenvalue weighted by atomic mass is 10.1. The van der Waals surface area contributed by atoms with Crippen LogP contribution in [-0.2, 0) is 6.54 Å². The molecule has 3 nitrogen and oxygen atoms in total. The van der Waals surface area contributed by atoms with Gasteiger partial charge in [-0.1, -0.05) is 24.3 Å². The van der Waals surface area contributed by atoms with Gasteiger partial charge in [0.05, 0.1) is 11.7 Å². The Bertz CT molecular complexity index is 887. The average molecular weight is 259 g/mol. The quantitative estimate of drug-likeness (QED) is 0.550. The molecule has 0 aliphatic heterocycles. The van der Waals surface area contributed by atoms with Gasteiger partial charge in [0.1, 0.15) is 0 Å². The minimum Gasteiger partial charge on any atom is -0.342 e. The van der Waals surface area contributed by atoms with Crippen LogP contribution in [-0.4, -0.2) is 14.5 Å². The Hall–Kier alpha value is -2.68. The number of pyridine rings is 2. The van der Waals surface area contributed by atoms with Crippen LogP contribution in [0.1, 0.15) is 5.56 Å². The van der Waals surface area contributed by atoms with Gasteiger partial charge < -0.3 is 4.57 Å². The van der Waals surface area contributed by atoms with E-state index < -0.39 is 0 Å². The highest BCUT2D eigenvalue weighted by atomic mass is 15.0. The van der Waals surface area contributed by atoms with Crippen LogP contribution in [0, 0.1) is 0 Å². The van der Waals surface area contributed by atoms with E-state index in [0.717, 1.165) is 12.1 Å². The summed E-state index contributed by atoms with van der Waals surface area (Å²) in [5, 5.41) is 3.65. The van der Waals surface area contributed by atoms with Crippen molar-refractivity contribution in [3.63, 3.8) is 0 Å². The fraction of sp³-hybridized carbons (Fsp3) is 0.0588. The monoisotopic (exact) mass is 259 g/mol. The summed E-state index contributed by atoms with van der Waals surface area (Å²) in [4.78, 5) is 8.56. The lowest BCUT2D eigenvalue weighted by molar-refractivity contribution is 0.837. The highest BCUT2D eigenvalue weighted by Crippen LogP contribution is 2.20. The van der Waals surface area contributed by atoms with E-state index in [-0.39, 0.29) is 0 Å². The number of hydrogen-bond acceptors (Lipinski definition) is 2. The molecule has 0 aliphatic carbocycles. The number of nitrogens with zero attached hydrogens (tertiary/aromatic N) is 3. The molecule has 0 saturated carbocycles. The Labute approximate surface area is 116 Å². The summed E-state index contributed by atoms with van der Waals surface area (Å²) >= 11 is 0. The number of aromatic nitrogens is 3. The first-order valence-electron chi connectivity index (χ1n) is 6.62. The van der Waals surface area contributed by atoms with Crippen molar-refractivity contribution in [1.82, 2.24) is 14.5 Å². The van der Waals surface area contributed by atoms with E-state index in [4.69, 9.17) is 0 Å². The highest BCUT2D eigenvalue weighted by Gasteiger charge is 2.05. The van der Waals surface area contributed by atoms with Crippen LogP contribution in [0.15, 0.2) is 67.4 Å². The fourth-order valence-corrected chi connectivity index (χ4v) is 2.65. The average Bonchev–Trinajstić information content (AvgIpc) is 2.91. The lowest BCUT2D eigenvalue weighted by Crippen LogP contribution is -1.99. The van der Waals surface area contributed by atoms with Crippen LogP contribution in [0.5, 0.6) is 0 Å². The second kappa shape index (κ2) is 4.46. The van der Waals surface area contributed by atoms with Crippen molar-refractivity contribution in [2.45, 2.75) is 6.54 Å². The maximum Gasteiger partial charge on any atom is 0.0669 e. The summed E-state index contributed by atoms with van der Waals surface area (Å²) in [5.74, 6) is 0. The second-order valence-corrected chi connectivity index (χ2v) is 4.90. The molecular formula is C17H13N3. The number of fused-ring (bicyclic) bond motifs is 2. The molecule has 0 amide bonds. The molecule has 3 heterocycles. The van der Waals surface area contributed by atoms with Crippen molar-refractivity contribution >= 4 is 21.7 Å². The Balaban J connectivity index is 1.85. The van der Waals surface area contributed by atoms with Crippen molar-refractivity contribution in [3.8, 4) is 0 Å². The van der Waals surface area contributed by atoms with Crippen molar-refractivity contribution in [3.05, 3.63) is 72.9 Å². The van der Waals surface area contributed by atoms with E-state index in [0.29, 0.717) is 0 Å². The SMILES string of the molecule is c1ccc2c(Cn3ccc4ccncc43)cncc2c1. The zero-order valence-electron chi connectivity index (χ0n) is 10.9. The molecule has 0 atom stereocenters. The summed E-state index contributed by atoms with van der Waals surface area (Å²) in [6.07, 6.45) is 9.70. The van der Waals surface area contributed by atoms with Crippen molar-refractivity contribution in [2.24, 2.45) is 0 Å². The maximum absolute atomic E-state index is 4.34. The van der Waals surface area contributed by atoms with Gasteiger partial charge in [-0.15, -0.1) is 0 Å². The molecule has 3 aromatic heterocycles. The van der Waals surface area contributed by atoms with Gasteiger partial charge in [0.2, 0.25) is 0 Å². The summed E-state index contributed by atoms with van der Waals surface area (Å²) in [5.41, 5.74) is 2.38. The van der Waals surface area contributed by atoms with Crippen LogP contribution in [0.2, 0.25) is 0 Å². The van der Waals surface area contributed by atoms with Gasteiger partial charge in [-0.3, -0.25) is 9.97 Å². The number of hydrogen-bond donors (Lipinski definition) is 0. The summed E-state index contributed by atoms with van der Waals surface area (Å²) in [7, 11) is 0. The third kappa shape index (κ3) is 1.75. The molecule has 0 bridgehead atoms. The molecular weight excluding hydrogens is 246 g/mol. The first-order valence-corrected chi connectivity index (χ1v) is 6.62. The number of benzene rings is 1. The summed E-state index contributed by atoms with van der Waals surface area (Å²) in [6, 6.07) is 12.5.